The van der Waals surface area contributed by atoms with Crippen LogP contribution in [0.3, 0.4) is 0 Å². The van der Waals surface area contributed by atoms with Crippen LogP contribution in [0.1, 0.15) is 29.9 Å². The Morgan fingerprint density at radius 3 is 2.93 bits per heavy atom. The maximum absolute atomic E-state index is 15.2. The van der Waals surface area contributed by atoms with Gasteiger partial charge in [0.1, 0.15) is 12.1 Å². The van der Waals surface area contributed by atoms with Crippen LogP contribution in [-0.4, -0.2) is 43.9 Å². The standard InChI is InChI=1S/C18H17ClFN5O3/c1-18(20)7-11(8-27-15(26)10-5-3-2-4-6-10)28-16(18)25-9-22-12-13(19)23-17(21)24-14(12)25/h2-6,9,11,16H,7-8H2,1H3,(H2,21,23,24). The Bertz CT molecular complexity index is 1030. The summed E-state index contributed by atoms with van der Waals surface area (Å²) < 4.78 is 27.8. The van der Waals surface area contributed by atoms with Gasteiger partial charge in [-0.2, -0.15) is 9.97 Å². The number of carbonyl (C=O) groups is 1. The number of rotatable bonds is 4. The molecule has 3 atom stereocenters. The number of hydrogen-bond donors (Lipinski definition) is 1. The highest BCUT2D eigenvalue weighted by Crippen LogP contribution is 2.42. The third kappa shape index (κ3) is 3.38. The molecule has 0 amide bonds. The minimum Gasteiger partial charge on any atom is -0.459 e. The lowest BCUT2D eigenvalue weighted by Gasteiger charge is -2.22. The van der Waals surface area contributed by atoms with E-state index in [1.807, 2.05) is 0 Å². The number of alkyl halides is 1. The van der Waals surface area contributed by atoms with Crippen LogP contribution in [0.15, 0.2) is 36.7 Å². The molecule has 1 aliphatic heterocycles. The zero-order valence-corrected chi connectivity index (χ0v) is 15.6. The van der Waals surface area contributed by atoms with E-state index in [2.05, 4.69) is 15.0 Å². The third-order valence-electron chi connectivity index (χ3n) is 4.52. The largest absolute Gasteiger partial charge is 0.459 e. The number of nitrogens with zero attached hydrogens (tertiary/aromatic N) is 4. The van der Waals surface area contributed by atoms with Gasteiger partial charge in [-0.15, -0.1) is 0 Å². The van der Waals surface area contributed by atoms with Gasteiger partial charge in [0.2, 0.25) is 5.95 Å². The summed E-state index contributed by atoms with van der Waals surface area (Å²) in [5, 5.41) is 0.0770. The average molecular weight is 406 g/mol. The van der Waals surface area contributed by atoms with E-state index >= 15 is 4.39 Å². The molecule has 2 N–H and O–H groups in total. The van der Waals surface area contributed by atoms with Crippen LogP contribution in [-0.2, 0) is 9.47 Å². The van der Waals surface area contributed by atoms with E-state index in [4.69, 9.17) is 26.8 Å². The topological polar surface area (TPSA) is 105 Å². The third-order valence-corrected chi connectivity index (χ3v) is 4.79. The van der Waals surface area contributed by atoms with Gasteiger partial charge < -0.3 is 15.2 Å². The lowest BCUT2D eigenvalue weighted by atomic mass is 10.0. The zero-order valence-electron chi connectivity index (χ0n) is 14.9. The SMILES string of the molecule is CC1(F)CC(COC(=O)c2ccccc2)OC1n1cnc2c(Cl)nc(N)nc21. The van der Waals surface area contributed by atoms with E-state index in [9.17, 15) is 4.79 Å². The fourth-order valence-electron chi connectivity index (χ4n) is 3.27. The van der Waals surface area contributed by atoms with Crippen LogP contribution in [0, 0.1) is 0 Å². The lowest BCUT2D eigenvalue weighted by Crippen LogP contribution is -2.27. The molecule has 2 aromatic heterocycles. The van der Waals surface area contributed by atoms with Crippen molar-refractivity contribution in [2.45, 2.75) is 31.3 Å². The van der Waals surface area contributed by atoms with Gasteiger partial charge >= 0.3 is 5.97 Å². The second-order valence-electron chi connectivity index (χ2n) is 6.75. The highest BCUT2D eigenvalue weighted by Gasteiger charge is 2.48. The summed E-state index contributed by atoms with van der Waals surface area (Å²) in [5.74, 6) is -0.542. The van der Waals surface area contributed by atoms with Crippen LogP contribution in [0.25, 0.3) is 11.2 Å². The molecule has 8 nitrogen and oxygen atoms in total. The van der Waals surface area contributed by atoms with Crippen molar-refractivity contribution in [3.8, 4) is 0 Å². The van der Waals surface area contributed by atoms with Crippen molar-refractivity contribution in [3.63, 3.8) is 0 Å². The number of fused-ring (bicyclic) bond motifs is 1. The molecule has 146 valence electrons. The molecule has 4 rings (SSSR count). The Morgan fingerprint density at radius 1 is 1.43 bits per heavy atom. The summed E-state index contributed by atoms with van der Waals surface area (Å²) in [6.07, 6.45) is -0.234. The fraction of sp³-hybridized carbons (Fsp3) is 0.333. The fourth-order valence-corrected chi connectivity index (χ4v) is 3.49. The molecule has 3 unspecified atom stereocenters. The van der Waals surface area contributed by atoms with Crippen molar-refractivity contribution in [1.82, 2.24) is 19.5 Å². The molecule has 0 aliphatic carbocycles. The Kier molecular flexibility index (Phi) is 4.64. The van der Waals surface area contributed by atoms with Gasteiger partial charge in [0, 0.05) is 6.42 Å². The molecule has 0 spiro atoms. The van der Waals surface area contributed by atoms with Crippen molar-refractivity contribution in [2.24, 2.45) is 0 Å². The smallest absolute Gasteiger partial charge is 0.338 e. The van der Waals surface area contributed by atoms with Crippen molar-refractivity contribution in [1.29, 1.82) is 0 Å². The van der Waals surface area contributed by atoms with E-state index in [-0.39, 0.29) is 29.8 Å². The number of hydrogen-bond acceptors (Lipinski definition) is 7. The minimum absolute atomic E-state index is 0.0354. The maximum atomic E-state index is 15.2. The molecular formula is C18H17ClFN5O3. The van der Waals surface area contributed by atoms with Crippen LogP contribution in [0.5, 0.6) is 0 Å². The number of esters is 1. The van der Waals surface area contributed by atoms with E-state index < -0.39 is 24.0 Å². The first kappa shape index (κ1) is 18.6. The lowest BCUT2D eigenvalue weighted by molar-refractivity contribution is -0.0601. The van der Waals surface area contributed by atoms with Crippen LogP contribution < -0.4 is 5.73 Å². The molecule has 0 bridgehead atoms. The first-order valence-electron chi connectivity index (χ1n) is 8.57. The Morgan fingerprint density at radius 2 is 2.18 bits per heavy atom. The minimum atomic E-state index is -1.75. The maximum Gasteiger partial charge on any atom is 0.338 e. The van der Waals surface area contributed by atoms with E-state index in [1.165, 1.54) is 17.8 Å². The molecule has 28 heavy (non-hydrogen) atoms. The second kappa shape index (κ2) is 6.99. The molecule has 1 aliphatic rings. The van der Waals surface area contributed by atoms with Gasteiger partial charge in [0.25, 0.3) is 0 Å². The predicted molar refractivity (Wildman–Crippen MR) is 99.5 cm³/mol. The van der Waals surface area contributed by atoms with Gasteiger partial charge in [-0.25, -0.2) is 14.2 Å². The number of nitrogen functional groups attached to an aromatic ring is 1. The number of aromatic nitrogens is 4. The Hall–Kier alpha value is -2.78. The predicted octanol–water partition coefficient (Wildman–Crippen LogP) is 2.93. The molecule has 1 fully saturated rings. The van der Waals surface area contributed by atoms with Gasteiger partial charge in [0.15, 0.2) is 22.7 Å². The molecule has 0 radical (unpaired) electrons. The Labute approximate surface area is 164 Å². The number of nitrogens with two attached hydrogens (primary N) is 1. The average Bonchev–Trinajstić information content (AvgIpc) is 3.20. The molecule has 1 aromatic carbocycles. The summed E-state index contributed by atoms with van der Waals surface area (Å²) in [5.41, 5.74) is 4.89. The summed E-state index contributed by atoms with van der Waals surface area (Å²) in [7, 11) is 0. The number of imidazole rings is 1. The number of halogens is 2. The van der Waals surface area contributed by atoms with E-state index in [0.29, 0.717) is 11.1 Å². The van der Waals surface area contributed by atoms with Crippen molar-refractivity contribution in [2.75, 3.05) is 12.3 Å². The number of benzene rings is 1. The number of anilines is 1. The molecule has 3 heterocycles. The van der Waals surface area contributed by atoms with Crippen molar-refractivity contribution in [3.05, 3.63) is 47.4 Å². The monoisotopic (exact) mass is 405 g/mol. The number of ether oxygens (including phenoxy) is 2. The molecule has 10 heteroatoms. The van der Waals surface area contributed by atoms with E-state index in [0.717, 1.165) is 0 Å². The van der Waals surface area contributed by atoms with Crippen molar-refractivity contribution >= 4 is 34.7 Å². The summed E-state index contributed by atoms with van der Waals surface area (Å²) in [6.45, 7) is 1.34. The molecule has 0 saturated carbocycles. The summed E-state index contributed by atoms with van der Waals surface area (Å²) in [4.78, 5) is 24.1. The normalized spacial score (nSPS) is 24.5. The van der Waals surface area contributed by atoms with Gasteiger partial charge in [-0.1, -0.05) is 29.8 Å². The second-order valence-corrected chi connectivity index (χ2v) is 7.11. The van der Waals surface area contributed by atoms with Crippen LogP contribution in [0.4, 0.5) is 10.3 Å². The molecular weight excluding hydrogens is 389 g/mol. The van der Waals surface area contributed by atoms with Gasteiger partial charge in [-0.05, 0) is 19.1 Å². The van der Waals surface area contributed by atoms with Gasteiger partial charge in [0.05, 0.1) is 18.0 Å². The quantitative estimate of drug-likeness (QED) is 0.525. The summed E-state index contributed by atoms with van der Waals surface area (Å²) >= 11 is 6.03. The molecule has 3 aromatic rings. The highest BCUT2D eigenvalue weighted by molar-refractivity contribution is 6.33. The Balaban J connectivity index is 1.52. The molecule has 1 saturated heterocycles. The first-order valence-corrected chi connectivity index (χ1v) is 8.95. The number of carbonyl (C=O) groups excluding carboxylic acids is 1. The van der Waals surface area contributed by atoms with E-state index in [1.54, 1.807) is 30.3 Å². The zero-order chi connectivity index (χ0) is 19.9. The first-order chi connectivity index (χ1) is 13.3. The van der Waals surface area contributed by atoms with Gasteiger partial charge in [-0.3, -0.25) is 4.57 Å². The van der Waals surface area contributed by atoms with Crippen molar-refractivity contribution < 1.29 is 18.7 Å². The summed E-state index contributed by atoms with van der Waals surface area (Å²) in [6, 6.07) is 8.56. The van der Waals surface area contributed by atoms with Crippen LogP contribution in [0.2, 0.25) is 5.15 Å². The highest BCUT2D eigenvalue weighted by atomic mass is 35.5. The van der Waals surface area contributed by atoms with Crippen LogP contribution >= 0.6 is 11.6 Å².